The zero-order chi connectivity index (χ0) is 56.0. The molecule has 0 bridgehead atoms. The van der Waals surface area contributed by atoms with Crippen LogP contribution < -0.4 is 5.32 Å². The lowest BCUT2D eigenvalue weighted by molar-refractivity contribution is 0.673. The molecule has 0 spiro atoms. The summed E-state index contributed by atoms with van der Waals surface area (Å²) < 4.78 is 12.2. The molecule has 12 aromatic carbocycles. The van der Waals surface area contributed by atoms with E-state index in [0.717, 1.165) is 132 Å². The van der Waals surface area contributed by atoms with Crippen molar-refractivity contribution < 1.29 is 4.42 Å². The molecule has 1 N–H and O–H groups in total. The summed E-state index contributed by atoms with van der Waals surface area (Å²) in [5, 5.41) is 12.5. The number of para-hydroxylation sites is 3. The maximum absolute atomic E-state index is 7.28. The number of amidine groups is 2. The standard InChI is InChI=1S/C76H48N8O/c1-5-22-47(23-6-1)48-40-42-53(43-41-48)74-77-71(50-25-7-2-8-26-50)79-75(80-74)54-44-45-63(59(46-54)76-81-72(51-27-9-3-10-28-51)78-73(82-76)52-29-11-4-12-30-52)84-62-37-19-16-34-57(62)66-68(84)65-56-33-15-18-36-61(56)83(60-38-21-31-49-24-13-14-32-55(49)60)69(65)67-58-35-17-20-39-64(58)85-70(66)67/h1-46,74H,(H,77,79,80). The van der Waals surface area contributed by atoms with Crippen molar-refractivity contribution in [1.82, 2.24) is 29.4 Å². The Kier molecular flexibility index (Phi) is 11.1. The second-order valence-electron chi connectivity index (χ2n) is 21.5. The van der Waals surface area contributed by atoms with Crippen LogP contribution in [0.25, 0.3) is 133 Å². The van der Waals surface area contributed by atoms with Gasteiger partial charge in [-0.15, -0.1) is 0 Å². The predicted octanol–water partition coefficient (Wildman–Crippen LogP) is 18.3. The summed E-state index contributed by atoms with van der Waals surface area (Å²) in [4.78, 5) is 26.9. The van der Waals surface area contributed by atoms with Crippen molar-refractivity contribution in [1.29, 1.82) is 0 Å². The van der Waals surface area contributed by atoms with Gasteiger partial charge in [0.05, 0.1) is 44.2 Å². The van der Waals surface area contributed by atoms with E-state index < -0.39 is 6.17 Å². The number of benzene rings is 12. The van der Waals surface area contributed by atoms with Crippen LogP contribution in [0.4, 0.5) is 0 Å². The lowest BCUT2D eigenvalue weighted by atomic mass is 10.0. The Bertz CT molecular complexity index is 5310. The minimum absolute atomic E-state index is 0.460. The Labute approximate surface area is 487 Å². The maximum atomic E-state index is 7.28. The fraction of sp³-hybridized carbons (Fsp3) is 0.0132. The number of nitrogens with zero attached hydrogens (tertiary/aromatic N) is 7. The molecule has 5 heterocycles. The van der Waals surface area contributed by atoms with Crippen LogP contribution in [0.1, 0.15) is 22.9 Å². The molecule has 1 aliphatic heterocycles. The Hall–Kier alpha value is -11.6. The zero-order valence-corrected chi connectivity index (χ0v) is 45.7. The van der Waals surface area contributed by atoms with Crippen LogP contribution in [0.15, 0.2) is 293 Å². The van der Waals surface area contributed by atoms with Gasteiger partial charge in [0, 0.05) is 54.7 Å². The third-order valence-electron chi connectivity index (χ3n) is 16.6. The predicted molar refractivity (Wildman–Crippen MR) is 347 cm³/mol. The van der Waals surface area contributed by atoms with Gasteiger partial charge < -0.3 is 18.9 Å². The first-order chi connectivity index (χ1) is 42.2. The lowest BCUT2D eigenvalue weighted by Gasteiger charge is -2.24. The van der Waals surface area contributed by atoms with Crippen LogP contribution in [0.5, 0.6) is 0 Å². The van der Waals surface area contributed by atoms with Gasteiger partial charge in [-0.25, -0.2) is 24.9 Å². The third kappa shape index (κ3) is 7.89. The van der Waals surface area contributed by atoms with Crippen molar-refractivity contribution in [2.45, 2.75) is 6.17 Å². The number of rotatable bonds is 9. The molecule has 0 radical (unpaired) electrons. The summed E-state index contributed by atoms with van der Waals surface area (Å²) in [6, 6.07) is 97.5. The van der Waals surface area contributed by atoms with E-state index in [9.17, 15) is 0 Å². The summed E-state index contributed by atoms with van der Waals surface area (Å²) in [6.45, 7) is 0. The summed E-state index contributed by atoms with van der Waals surface area (Å²) >= 11 is 0. The van der Waals surface area contributed by atoms with Crippen LogP contribution in [-0.2, 0) is 0 Å². The Morgan fingerprint density at radius 1 is 0.365 bits per heavy atom. The molecule has 1 atom stereocenters. The summed E-state index contributed by atoms with van der Waals surface area (Å²) in [5.74, 6) is 2.89. The average molecular weight is 1090 g/mol. The topological polar surface area (TPSA) is 98.4 Å². The molecule has 0 amide bonds. The van der Waals surface area contributed by atoms with Gasteiger partial charge in [0.25, 0.3) is 0 Å². The second-order valence-corrected chi connectivity index (χ2v) is 21.5. The minimum Gasteiger partial charge on any atom is -0.455 e. The normalized spacial score (nSPS) is 13.5. The van der Waals surface area contributed by atoms with Gasteiger partial charge in [-0.1, -0.05) is 237 Å². The van der Waals surface area contributed by atoms with Crippen LogP contribution >= 0.6 is 0 Å². The molecule has 17 rings (SSSR count). The number of fused-ring (bicyclic) bond motifs is 13. The molecule has 9 nitrogen and oxygen atoms in total. The van der Waals surface area contributed by atoms with E-state index >= 15 is 0 Å². The van der Waals surface area contributed by atoms with Crippen molar-refractivity contribution >= 4 is 88.0 Å². The first-order valence-electron chi connectivity index (χ1n) is 28.6. The molecule has 4 aromatic heterocycles. The van der Waals surface area contributed by atoms with E-state index in [-0.39, 0.29) is 0 Å². The molecule has 1 aliphatic rings. The molecule has 1 unspecified atom stereocenters. The highest BCUT2D eigenvalue weighted by molar-refractivity contribution is 6.39. The van der Waals surface area contributed by atoms with Crippen molar-refractivity contribution in [3.05, 3.63) is 296 Å². The van der Waals surface area contributed by atoms with Crippen molar-refractivity contribution in [2.24, 2.45) is 9.98 Å². The fourth-order valence-electron chi connectivity index (χ4n) is 12.7. The quantitative estimate of drug-likeness (QED) is 0.155. The highest BCUT2D eigenvalue weighted by Crippen LogP contribution is 2.51. The molecular weight excluding hydrogens is 1040 g/mol. The molecule has 0 saturated carbocycles. The molecule has 85 heavy (non-hydrogen) atoms. The molecule has 0 fully saturated rings. The number of furan rings is 1. The first kappa shape index (κ1) is 48.2. The number of nitrogens with one attached hydrogen (secondary N) is 1. The molecule has 0 aliphatic carbocycles. The highest BCUT2D eigenvalue weighted by Gasteiger charge is 2.31. The Balaban J connectivity index is 0.980. The van der Waals surface area contributed by atoms with Gasteiger partial charge in [0.15, 0.2) is 23.3 Å². The van der Waals surface area contributed by atoms with E-state index in [4.69, 9.17) is 29.4 Å². The van der Waals surface area contributed by atoms with Crippen LogP contribution in [0, 0.1) is 0 Å². The van der Waals surface area contributed by atoms with E-state index in [2.05, 4.69) is 233 Å². The minimum atomic E-state index is -0.460. The largest absolute Gasteiger partial charge is 0.455 e. The summed E-state index contributed by atoms with van der Waals surface area (Å²) in [5.41, 5.74) is 15.2. The van der Waals surface area contributed by atoms with Gasteiger partial charge in [-0.05, 0) is 64.5 Å². The smallest absolute Gasteiger partial charge is 0.166 e. The van der Waals surface area contributed by atoms with Crippen molar-refractivity contribution in [2.75, 3.05) is 0 Å². The third-order valence-corrected chi connectivity index (χ3v) is 16.6. The molecule has 0 saturated heterocycles. The lowest BCUT2D eigenvalue weighted by Crippen LogP contribution is -2.33. The monoisotopic (exact) mass is 1090 g/mol. The van der Waals surface area contributed by atoms with Crippen LogP contribution in [0.2, 0.25) is 0 Å². The molecule has 398 valence electrons. The summed E-state index contributed by atoms with van der Waals surface area (Å²) in [6.07, 6.45) is -0.460. The maximum Gasteiger partial charge on any atom is 0.166 e. The van der Waals surface area contributed by atoms with E-state index in [1.165, 1.54) is 0 Å². The number of hydrogen-bond acceptors (Lipinski definition) is 7. The number of aliphatic imine (C=N–C) groups is 2. The van der Waals surface area contributed by atoms with Gasteiger partial charge in [0.2, 0.25) is 0 Å². The highest BCUT2D eigenvalue weighted by atomic mass is 16.3. The summed E-state index contributed by atoms with van der Waals surface area (Å²) in [7, 11) is 0. The van der Waals surface area contributed by atoms with Crippen molar-refractivity contribution in [3.8, 4) is 56.7 Å². The molecule has 9 heteroatoms. The Morgan fingerprint density at radius 3 is 1.53 bits per heavy atom. The fourth-order valence-corrected chi connectivity index (χ4v) is 12.7. The second kappa shape index (κ2) is 19.6. The Morgan fingerprint density at radius 2 is 0.859 bits per heavy atom. The van der Waals surface area contributed by atoms with Gasteiger partial charge >= 0.3 is 0 Å². The molecular formula is C76H48N8O. The van der Waals surface area contributed by atoms with E-state index in [1.807, 2.05) is 60.7 Å². The number of hydrogen-bond donors (Lipinski definition) is 1. The van der Waals surface area contributed by atoms with Crippen LogP contribution in [-0.4, -0.2) is 35.8 Å². The molecule has 16 aromatic rings. The van der Waals surface area contributed by atoms with Crippen molar-refractivity contribution in [3.63, 3.8) is 0 Å². The zero-order valence-electron chi connectivity index (χ0n) is 45.7. The van der Waals surface area contributed by atoms with Gasteiger partial charge in [0.1, 0.15) is 23.2 Å². The number of aromatic nitrogens is 5. The van der Waals surface area contributed by atoms with Crippen LogP contribution in [0.3, 0.4) is 0 Å². The van der Waals surface area contributed by atoms with E-state index in [0.29, 0.717) is 29.1 Å². The van der Waals surface area contributed by atoms with Gasteiger partial charge in [-0.2, -0.15) is 0 Å². The average Bonchev–Trinajstić information content (AvgIpc) is 1.54. The first-order valence-corrected chi connectivity index (χ1v) is 28.6. The van der Waals surface area contributed by atoms with E-state index in [1.54, 1.807) is 0 Å². The SMILES string of the molecule is c1ccc(C2=NC(c3ccc(-c4ccccc4)cc3)NC(c3ccc(-n4c5ccccc5c5c6oc7ccccc7c6c6c(c7ccccc7n6-c6cccc7ccccc67)c54)c(-c4nc(-c5ccccc5)nc(-c5ccccc5)n4)c3)=N2)cc1. The van der Waals surface area contributed by atoms with Gasteiger partial charge in [-0.3, -0.25) is 0 Å².